The first-order valence-electron chi connectivity index (χ1n) is 8.49. The number of Topliss-reactive ketones (excluding diaryl/α,β-unsaturated/α-hetero) is 1. The van der Waals surface area contributed by atoms with Gasteiger partial charge < -0.3 is 14.6 Å². The van der Waals surface area contributed by atoms with Crippen LogP contribution in [0.4, 0.5) is 0 Å². The zero-order valence-electron chi connectivity index (χ0n) is 15.2. The van der Waals surface area contributed by atoms with Crippen LogP contribution >= 0.6 is 0 Å². The van der Waals surface area contributed by atoms with E-state index in [4.69, 9.17) is 9.47 Å². The number of aliphatic carboxylic acids is 1. The van der Waals surface area contributed by atoms with E-state index in [-0.39, 0.29) is 12.2 Å². The highest BCUT2D eigenvalue weighted by molar-refractivity contribution is 6.11. The van der Waals surface area contributed by atoms with Crippen LogP contribution in [0.15, 0.2) is 65.8 Å². The van der Waals surface area contributed by atoms with E-state index in [0.29, 0.717) is 28.9 Å². The first-order chi connectivity index (χ1) is 13.0. The number of methoxy groups -OCH3 is 2. The molecule has 0 atom stereocenters. The summed E-state index contributed by atoms with van der Waals surface area (Å²) in [7, 11) is 3.16. The van der Waals surface area contributed by atoms with Crippen molar-refractivity contribution in [3.63, 3.8) is 0 Å². The molecule has 3 rings (SSSR count). The Bertz CT molecular complexity index is 918. The van der Waals surface area contributed by atoms with Crippen LogP contribution in [0.3, 0.4) is 0 Å². The normalized spacial score (nSPS) is 13.3. The fourth-order valence-electron chi connectivity index (χ4n) is 3.13. The van der Waals surface area contributed by atoms with E-state index in [1.807, 2.05) is 24.3 Å². The number of rotatable bonds is 7. The maximum Gasteiger partial charge on any atom is 0.307 e. The van der Waals surface area contributed by atoms with Gasteiger partial charge in [0.05, 0.1) is 20.6 Å². The third-order valence-electron chi connectivity index (χ3n) is 4.53. The predicted molar refractivity (Wildman–Crippen MR) is 102 cm³/mol. The average Bonchev–Trinajstić information content (AvgIpc) is 3.10. The SMILES string of the molecule is COc1ccc(C(=O)C2=CC(CC(=O)O)=C(c3ccc(OC)cc3)C2)cc1. The Balaban J connectivity index is 1.88. The van der Waals surface area contributed by atoms with Crippen LogP contribution in [-0.2, 0) is 4.79 Å². The van der Waals surface area contributed by atoms with Crippen molar-refractivity contribution in [2.24, 2.45) is 0 Å². The third-order valence-corrected chi connectivity index (χ3v) is 4.53. The average molecular weight is 364 g/mol. The molecule has 0 unspecified atom stereocenters. The van der Waals surface area contributed by atoms with Crippen molar-refractivity contribution in [1.29, 1.82) is 0 Å². The third kappa shape index (κ3) is 4.08. The summed E-state index contributed by atoms with van der Waals surface area (Å²) in [6.07, 6.45) is 1.99. The predicted octanol–water partition coefficient (Wildman–Crippen LogP) is 4.15. The van der Waals surface area contributed by atoms with E-state index in [2.05, 4.69) is 0 Å². The van der Waals surface area contributed by atoms with Crippen LogP contribution in [0.1, 0.15) is 28.8 Å². The van der Waals surface area contributed by atoms with Crippen LogP contribution in [0.25, 0.3) is 5.57 Å². The summed E-state index contributed by atoms with van der Waals surface area (Å²) in [4.78, 5) is 24.1. The maximum absolute atomic E-state index is 12.9. The van der Waals surface area contributed by atoms with Gasteiger partial charge in [-0.25, -0.2) is 0 Å². The summed E-state index contributed by atoms with van der Waals surface area (Å²) in [6, 6.07) is 14.3. The van der Waals surface area contributed by atoms with Gasteiger partial charge in [-0.05, 0) is 53.1 Å². The summed E-state index contributed by atoms with van der Waals surface area (Å²) >= 11 is 0. The maximum atomic E-state index is 12.9. The minimum absolute atomic E-state index is 0.107. The molecule has 5 nitrogen and oxygen atoms in total. The zero-order valence-corrected chi connectivity index (χ0v) is 15.2. The molecule has 0 aliphatic heterocycles. The Morgan fingerprint density at radius 1 is 0.926 bits per heavy atom. The summed E-state index contributed by atoms with van der Waals surface area (Å²) in [5.74, 6) is 0.365. The molecule has 0 spiro atoms. The lowest BCUT2D eigenvalue weighted by molar-refractivity contribution is -0.136. The highest BCUT2D eigenvalue weighted by Gasteiger charge is 2.24. The highest BCUT2D eigenvalue weighted by atomic mass is 16.5. The second-order valence-corrected chi connectivity index (χ2v) is 6.21. The molecular formula is C22H20O5. The van der Waals surface area contributed by atoms with Crippen LogP contribution in [0.2, 0.25) is 0 Å². The molecule has 2 aromatic rings. The Hall–Kier alpha value is -3.34. The molecule has 0 saturated carbocycles. The standard InChI is InChI=1S/C22H20O5/c1-26-18-7-3-14(4-8-18)20-12-17(11-16(20)13-21(23)24)22(25)15-5-9-19(27-2)10-6-15/h3-11H,12-13H2,1-2H3,(H,23,24). The molecule has 0 aromatic heterocycles. The van der Waals surface area contributed by atoms with Gasteiger partial charge in [-0.1, -0.05) is 18.2 Å². The lowest BCUT2D eigenvalue weighted by Crippen LogP contribution is -2.02. The number of ketones is 1. The van der Waals surface area contributed by atoms with Crippen molar-refractivity contribution in [1.82, 2.24) is 0 Å². The quantitative estimate of drug-likeness (QED) is 0.748. The number of carbonyl (C=O) groups is 2. The van der Waals surface area contributed by atoms with Crippen molar-refractivity contribution in [3.05, 3.63) is 76.9 Å². The summed E-state index contributed by atoms with van der Waals surface area (Å²) in [6.45, 7) is 0. The van der Waals surface area contributed by atoms with E-state index in [0.717, 1.165) is 16.9 Å². The van der Waals surface area contributed by atoms with Gasteiger partial charge in [0.15, 0.2) is 5.78 Å². The van der Waals surface area contributed by atoms with E-state index in [1.54, 1.807) is 44.6 Å². The summed E-state index contributed by atoms with van der Waals surface area (Å²) < 4.78 is 10.3. The van der Waals surface area contributed by atoms with Crippen molar-refractivity contribution < 1.29 is 24.2 Å². The van der Waals surface area contributed by atoms with Gasteiger partial charge in [0, 0.05) is 17.6 Å². The van der Waals surface area contributed by atoms with Crippen LogP contribution in [-0.4, -0.2) is 31.1 Å². The van der Waals surface area contributed by atoms with Gasteiger partial charge in [0.1, 0.15) is 11.5 Å². The number of hydrogen-bond donors (Lipinski definition) is 1. The van der Waals surface area contributed by atoms with Gasteiger partial charge in [0.2, 0.25) is 0 Å². The van der Waals surface area contributed by atoms with Gasteiger partial charge >= 0.3 is 5.97 Å². The molecule has 0 bridgehead atoms. The van der Waals surface area contributed by atoms with Gasteiger partial charge in [0.25, 0.3) is 0 Å². The van der Waals surface area contributed by atoms with Gasteiger partial charge in [-0.3, -0.25) is 9.59 Å². The van der Waals surface area contributed by atoms with E-state index < -0.39 is 5.97 Å². The van der Waals surface area contributed by atoms with Crippen molar-refractivity contribution >= 4 is 17.3 Å². The lowest BCUT2D eigenvalue weighted by atomic mass is 9.96. The fourth-order valence-corrected chi connectivity index (χ4v) is 3.13. The number of carbonyl (C=O) groups excluding carboxylic acids is 1. The molecule has 0 heterocycles. The summed E-state index contributed by atoms with van der Waals surface area (Å²) in [5, 5.41) is 9.24. The molecule has 1 aliphatic carbocycles. The van der Waals surface area contributed by atoms with Crippen LogP contribution in [0, 0.1) is 0 Å². The minimum atomic E-state index is -0.926. The molecular weight excluding hydrogens is 344 g/mol. The second-order valence-electron chi connectivity index (χ2n) is 6.21. The molecule has 0 radical (unpaired) electrons. The Morgan fingerprint density at radius 3 is 2.00 bits per heavy atom. The smallest absolute Gasteiger partial charge is 0.307 e. The van der Waals surface area contributed by atoms with E-state index in [1.165, 1.54) is 0 Å². The molecule has 138 valence electrons. The largest absolute Gasteiger partial charge is 0.497 e. The zero-order chi connectivity index (χ0) is 19.4. The van der Waals surface area contributed by atoms with Crippen LogP contribution in [0.5, 0.6) is 11.5 Å². The number of carboxylic acids is 1. The first-order valence-corrected chi connectivity index (χ1v) is 8.49. The Labute approximate surface area is 157 Å². The Kier molecular flexibility index (Phi) is 5.41. The van der Waals surface area contributed by atoms with E-state index >= 15 is 0 Å². The van der Waals surface area contributed by atoms with Crippen LogP contribution < -0.4 is 9.47 Å². The number of allylic oxidation sites excluding steroid dienone is 3. The number of carboxylic acid groups (broad SMARTS) is 1. The first kappa shape index (κ1) is 18.5. The number of ether oxygens (including phenoxy) is 2. The van der Waals surface area contributed by atoms with Gasteiger partial charge in [-0.2, -0.15) is 0 Å². The summed E-state index contributed by atoms with van der Waals surface area (Å²) in [5.41, 5.74) is 3.54. The fraction of sp³-hybridized carbons (Fsp3) is 0.182. The highest BCUT2D eigenvalue weighted by Crippen LogP contribution is 2.37. The van der Waals surface area contributed by atoms with Crippen molar-refractivity contribution in [2.75, 3.05) is 14.2 Å². The minimum Gasteiger partial charge on any atom is -0.497 e. The molecule has 0 fully saturated rings. The van der Waals surface area contributed by atoms with Crippen molar-refractivity contribution in [2.45, 2.75) is 12.8 Å². The molecule has 1 aliphatic rings. The molecule has 1 N–H and O–H groups in total. The molecule has 2 aromatic carbocycles. The number of benzene rings is 2. The van der Waals surface area contributed by atoms with E-state index in [9.17, 15) is 14.7 Å². The van der Waals surface area contributed by atoms with Crippen molar-refractivity contribution in [3.8, 4) is 11.5 Å². The molecule has 5 heteroatoms. The molecule has 0 saturated heterocycles. The topological polar surface area (TPSA) is 72.8 Å². The number of hydrogen-bond acceptors (Lipinski definition) is 4. The van der Waals surface area contributed by atoms with Gasteiger partial charge in [-0.15, -0.1) is 0 Å². The monoisotopic (exact) mass is 364 g/mol. The second kappa shape index (κ2) is 7.91. The molecule has 27 heavy (non-hydrogen) atoms. The Morgan fingerprint density at radius 2 is 1.48 bits per heavy atom. The lowest BCUT2D eigenvalue weighted by Gasteiger charge is -2.09. The molecule has 0 amide bonds.